The third-order valence-corrected chi connectivity index (χ3v) is 6.70. The summed E-state index contributed by atoms with van der Waals surface area (Å²) in [7, 11) is 0. The Hall–Kier alpha value is -2.37. The molecule has 168 valence electrons. The van der Waals surface area contributed by atoms with Gasteiger partial charge in [0.2, 0.25) is 0 Å². The van der Waals surface area contributed by atoms with Crippen LogP contribution in [0.5, 0.6) is 0 Å². The molecule has 0 spiro atoms. The normalized spacial score (nSPS) is 21.9. The van der Waals surface area contributed by atoms with Crippen molar-refractivity contribution in [3.63, 3.8) is 0 Å². The number of aryl methyl sites for hydroxylation is 2. The third-order valence-electron chi connectivity index (χ3n) is 6.70. The first-order valence-corrected chi connectivity index (χ1v) is 12.3. The number of nitrogens with one attached hydrogen (secondary N) is 2. The highest BCUT2D eigenvalue weighted by molar-refractivity contribution is 5.80. The van der Waals surface area contributed by atoms with Crippen LogP contribution in [0.25, 0.3) is 0 Å². The maximum absolute atomic E-state index is 4.85. The Kier molecular flexibility index (Phi) is 7.97. The zero-order valence-electron chi connectivity index (χ0n) is 19.0. The lowest BCUT2D eigenvalue weighted by Crippen LogP contribution is -2.44. The van der Waals surface area contributed by atoms with Crippen LogP contribution >= 0.6 is 0 Å². The van der Waals surface area contributed by atoms with Crippen molar-refractivity contribution in [1.29, 1.82) is 0 Å². The molecule has 6 heteroatoms. The maximum atomic E-state index is 4.85. The van der Waals surface area contributed by atoms with Crippen LogP contribution in [0.3, 0.4) is 0 Å². The van der Waals surface area contributed by atoms with Crippen molar-refractivity contribution in [3.8, 4) is 0 Å². The molecule has 0 bridgehead atoms. The van der Waals surface area contributed by atoms with E-state index in [1.165, 1.54) is 56.3 Å². The van der Waals surface area contributed by atoms with E-state index in [9.17, 15) is 0 Å². The number of aliphatic imine (C=N–C) groups is 1. The predicted molar refractivity (Wildman–Crippen MR) is 126 cm³/mol. The van der Waals surface area contributed by atoms with Crippen LogP contribution < -0.4 is 10.6 Å². The maximum Gasteiger partial charge on any atom is 0.191 e. The molecule has 1 aromatic carbocycles. The van der Waals surface area contributed by atoms with Crippen molar-refractivity contribution < 1.29 is 0 Å². The van der Waals surface area contributed by atoms with E-state index in [0.717, 1.165) is 50.7 Å². The van der Waals surface area contributed by atoms with Crippen molar-refractivity contribution in [2.45, 2.75) is 89.6 Å². The second-order valence-electron chi connectivity index (χ2n) is 8.96. The fraction of sp³-hybridized carbons (Fsp3) is 0.640. The molecule has 0 amide bonds. The topological polar surface area (TPSA) is 67.1 Å². The lowest BCUT2D eigenvalue weighted by Gasteiger charge is -2.30. The number of hydrogen-bond acceptors (Lipinski definition) is 3. The summed E-state index contributed by atoms with van der Waals surface area (Å²) in [5.41, 5.74) is 1.49. The monoisotopic (exact) mass is 422 g/mol. The Morgan fingerprint density at radius 2 is 1.90 bits per heavy atom. The highest BCUT2D eigenvalue weighted by atomic mass is 15.3. The largest absolute Gasteiger partial charge is 0.357 e. The number of guanidine groups is 1. The molecule has 1 saturated carbocycles. The van der Waals surface area contributed by atoms with Crippen molar-refractivity contribution in [3.05, 3.63) is 47.5 Å². The quantitative estimate of drug-likeness (QED) is 0.398. The zero-order chi connectivity index (χ0) is 21.3. The second-order valence-corrected chi connectivity index (χ2v) is 8.96. The molecule has 2 aromatic rings. The minimum absolute atomic E-state index is 0.519. The Morgan fingerprint density at radius 1 is 1.06 bits per heavy atom. The van der Waals surface area contributed by atoms with Crippen molar-refractivity contribution >= 4 is 5.96 Å². The first-order valence-electron chi connectivity index (χ1n) is 12.3. The molecule has 1 aliphatic heterocycles. The molecule has 0 saturated heterocycles. The molecule has 1 aromatic heterocycles. The van der Waals surface area contributed by atoms with Gasteiger partial charge in [0, 0.05) is 38.5 Å². The first kappa shape index (κ1) is 21.8. The number of rotatable bonds is 7. The highest BCUT2D eigenvalue weighted by Gasteiger charge is 2.22. The highest BCUT2D eigenvalue weighted by Crippen LogP contribution is 2.32. The van der Waals surface area contributed by atoms with Gasteiger partial charge >= 0.3 is 0 Å². The molecule has 0 unspecified atom stereocenters. The zero-order valence-corrected chi connectivity index (χ0v) is 19.0. The lowest BCUT2D eigenvalue weighted by atomic mass is 9.82. The average Bonchev–Trinajstić information content (AvgIpc) is 3.03. The molecule has 31 heavy (non-hydrogen) atoms. The summed E-state index contributed by atoms with van der Waals surface area (Å²) < 4.78 is 2.35. The fourth-order valence-corrected chi connectivity index (χ4v) is 4.97. The minimum Gasteiger partial charge on any atom is -0.357 e. The smallest absolute Gasteiger partial charge is 0.191 e. The minimum atomic E-state index is 0.519. The molecule has 4 rings (SSSR count). The fourth-order valence-electron chi connectivity index (χ4n) is 4.97. The first-order chi connectivity index (χ1) is 15.3. The molecule has 0 radical (unpaired) electrons. The van der Waals surface area contributed by atoms with Gasteiger partial charge in [-0.05, 0) is 63.4 Å². The van der Waals surface area contributed by atoms with Gasteiger partial charge in [0.15, 0.2) is 5.96 Å². The molecule has 1 aliphatic carbocycles. The third kappa shape index (κ3) is 6.08. The molecular formula is C25H38N6. The number of hydrogen-bond donors (Lipinski definition) is 2. The lowest BCUT2D eigenvalue weighted by molar-refractivity contribution is 0.371. The molecule has 2 aliphatic rings. The summed E-state index contributed by atoms with van der Waals surface area (Å²) in [6.45, 7) is 4.92. The summed E-state index contributed by atoms with van der Waals surface area (Å²) in [5, 5.41) is 16.0. The molecule has 6 nitrogen and oxygen atoms in total. The van der Waals surface area contributed by atoms with Crippen LogP contribution in [0.1, 0.15) is 81.4 Å². The van der Waals surface area contributed by atoms with Gasteiger partial charge in [-0.25, -0.2) is 0 Å². The van der Waals surface area contributed by atoms with E-state index in [2.05, 4.69) is 62.7 Å². The van der Waals surface area contributed by atoms with Gasteiger partial charge in [0.25, 0.3) is 0 Å². The predicted octanol–water partition coefficient (Wildman–Crippen LogP) is 4.22. The van der Waals surface area contributed by atoms with Gasteiger partial charge < -0.3 is 15.2 Å². The summed E-state index contributed by atoms with van der Waals surface area (Å²) in [4.78, 5) is 4.85. The molecular weight excluding hydrogens is 384 g/mol. The Morgan fingerprint density at radius 3 is 2.71 bits per heavy atom. The van der Waals surface area contributed by atoms with Gasteiger partial charge in [0.1, 0.15) is 11.6 Å². The Labute approximate surface area is 187 Å². The van der Waals surface area contributed by atoms with E-state index in [1.807, 2.05) is 0 Å². The summed E-state index contributed by atoms with van der Waals surface area (Å²) in [6, 6.07) is 11.5. The van der Waals surface area contributed by atoms with E-state index in [0.29, 0.717) is 12.0 Å². The van der Waals surface area contributed by atoms with Crippen molar-refractivity contribution in [2.24, 2.45) is 4.99 Å². The summed E-state index contributed by atoms with van der Waals surface area (Å²) >= 11 is 0. The van der Waals surface area contributed by atoms with E-state index < -0.39 is 0 Å². The second kappa shape index (κ2) is 11.3. The van der Waals surface area contributed by atoms with Gasteiger partial charge in [0.05, 0.1) is 0 Å². The number of nitrogens with zero attached hydrogens (tertiary/aromatic N) is 4. The van der Waals surface area contributed by atoms with E-state index in [4.69, 9.17) is 4.99 Å². The Bertz CT molecular complexity index is 820. The van der Waals surface area contributed by atoms with Gasteiger partial charge in [-0.15, -0.1) is 10.2 Å². The average molecular weight is 423 g/mol. The number of aromatic nitrogens is 3. The van der Waals surface area contributed by atoms with Crippen LogP contribution in [0.15, 0.2) is 35.3 Å². The van der Waals surface area contributed by atoms with Gasteiger partial charge in [-0.2, -0.15) is 0 Å². The van der Waals surface area contributed by atoms with Crippen LogP contribution in [-0.4, -0.2) is 39.9 Å². The SMILES string of the molecule is CCNC(=NCCCc1nnc2n1CCCCC2)NC1CCC(c2ccccc2)CC1. The van der Waals surface area contributed by atoms with Crippen LogP contribution in [0.2, 0.25) is 0 Å². The van der Waals surface area contributed by atoms with Gasteiger partial charge in [-0.1, -0.05) is 36.8 Å². The number of benzene rings is 1. The van der Waals surface area contributed by atoms with E-state index >= 15 is 0 Å². The van der Waals surface area contributed by atoms with Crippen LogP contribution in [0.4, 0.5) is 0 Å². The van der Waals surface area contributed by atoms with Crippen molar-refractivity contribution in [1.82, 2.24) is 25.4 Å². The summed E-state index contributed by atoms with van der Waals surface area (Å²) in [5.74, 6) is 3.99. The molecule has 2 N–H and O–H groups in total. The van der Waals surface area contributed by atoms with E-state index in [-0.39, 0.29) is 0 Å². The van der Waals surface area contributed by atoms with Gasteiger partial charge in [-0.3, -0.25) is 4.99 Å². The van der Waals surface area contributed by atoms with Crippen molar-refractivity contribution in [2.75, 3.05) is 13.1 Å². The van der Waals surface area contributed by atoms with Crippen LogP contribution in [0, 0.1) is 0 Å². The Balaban J connectivity index is 1.24. The van der Waals surface area contributed by atoms with Crippen LogP contribution in [-0.2, 0) is 19.4 Å². The standard InChI is InChI=1S/C25H38N6/c1-2-26-25(28-22-16-14-21(15-17-22)20-10-5-3-6-11-20)27-18-9-13-24-30-29-23-12-7-4-8-19-31(23)24/h3,5-6,10-11,21-22H,2,4,7-9,12-19H2,1H3,(H2,26,27,28). The molecule has 2 heterocycles. The summed E-state index contributed by atoms with van der Waals surface area (Å²) in [6.07, 6.45) is 11.7. The molecule has 0 atom stereocenters. The molecule has 1 fully saturated rings. The van der Waals surface area contributed by atoms with E-state index in [1.54, 1.807) is 0 Å². The number of fused-ring (bicyclic) bond motifs is 1.